The van der Waals surface area contributed by atoms with Gasteiger partial charge in [0.15, 0.2) is 17.5 Å². The molecule has 6 heteroatoms. The molecule has 3 heterocycles. The molecule has 0 N–H and O–H groups in total. The highest BCUT2D eigenvalue weighted by Gasteiger charge is 2.26. The molecule has 3 aromatic heterocycles. The Kier molecular flexibility index (Phi) is 11.7. The van der Waals surface area contributed by atoms with Crippen molar-refractivity contribution in [3.05, 3.63) is 297 Å². The van der Waals surface area contributed by atoms with Crippen molar-refractivity contribution < 1.29 is 4.42 Å². The van der Waals surface area contributed by atoms with Gasteiger partial charge in [-0.05, 0) is 100 Å². The number of para-hydroxylation sites is 3. The van der Waals surface area contributed by atoms with Crippen LogP contribution in [-0.4, -0.2) is 19.5 Å². The predicted octanol–water partition coefficient (Wildman–Crippen LogP) is 20.0. The topological polar surface area (TPSA) is 60.0 Å². The van der Waals surface area contributed by atoms with E-state index in [4.69, 9.17) is 19.4 Å². The second-order valence-electron chi connectivity index (χ2n) is 20.3. The molecule has 6 nitrogen and oxygen atoms in total. The summed E-state index contributed by atoms with van der Waals surface area (Å²) < 4.78 is 9.52. The summed E-state index contributed by atoms with van der Waals surface area (Å²) in [4.78, 5) is 18.4. The fourth-order valence-corrected chi connectivity index (χ4v) is 11.6. The maximum Gasteiger partial charge on any atom is 0.164 e. The second-order valence-corrected chi connectivity index (χ2v) is 20.3. The van der Waals surface area contributed by atoms with Crippen LogP contribution in [0.25, 0.3) is 128 Å². The van der Waals surface area contributed by atoms with E-state index < -0.39 is 0 Å². The standard InChI is InChI=1S/C75H49N5O/c1-7-21-50(22-8-1)52-35-39-56(40-36-52)73-76-74(57-41-37-53(38-42-57)51-23-9-2-10-24-51)78-75(77-73)58-47-65(54-25-11-3-12-26-54)71(66(48-58)55-27-13-4-14-28-55)79(59-29-15-5-16-30-59)61-43-44-62-63-45-46-68-70(72(63)81-69(62)49-61)64-33-19-20-34-67(64)80(68)60-31-17-6-18-32-60/h1-49H. The highest BCUT2D eigenvalue weighted by molar-refractivity contribution is 6.24. The molecule has 0 spiro atoms. The quantitative estimate of drug-likeness (QED) is 0.129. The lowest BCUT2D eigenvalue weighted by molar-refractivity contribution is 0.673. The monoisotopic (exact) mass is 1040 g/mol. The normalized spacial score (nSPS) is 11.5. The number of hydrogen-bond acceptors (Lipinski definition) is 5. The third kappa shape index (κ3) is 8.59. The summed E-state index contributed by atoms with van der Waals surface area (Å²) in [6, 6.07) is 105. The summed E-state index contributed by atoms with van der Waals surface area (Å²) in [5.41, 5.74) is 19.2. The zero-order valence-electron chi connectivity index (χ0n) is 43.9. The summed E-state index contributed by atoms with van der Waals surface area (Å²) in [6.45, 7) is 0. The summed E-state index contributed by atoms with van der Waals surface area (Å²) in [7, 11) is 0. The Morgan fingerprint density at radius 1 is 0.296 bits per heavy atom. The van der Waals surface area contributed by atoms with Crippen molar-refractivity contribution in [3.63, 3.8) is 0 Å². The molecule has 0 saturated heterocycles. The van der Waals surface area contributed by atoms with Crippen molar-refractivity contribution in [1.29, 1.82) is 0 Å². The minimum absolute atomic E-state index is 0.560. The molecule has 0 aliphatic carbocycles. The van der Waals surface area contributed by atoms with E-state index in [1.807, 2.05) is 12.1 Å². The van der Waals surface area contributed by atoms with E-state index in [1.54, 1.807) is 0 Å². The van der Waals surface area contributed by atoms with Gasteiger partial charge in [-0.25, -0.2) is 15.0 Å². The van der Waals surface area contributed by atoms with Gasteiger partial charge in [0.05, 0.1) is 22.1 Å². The zero-order chi connectivity index (χ0) is 53.6. The lowest BCUT2D eigenvalue weighted by Crippen LogP contribution is -2.13. The first-order chi connectivity index (χ1) is 40.2. The van der Waals surface area contributed by atoms with E-state index in [0.29, 0.717) is 17.5 Å². The summed E-state index contributed by atoms with van der Waals surface area (Å²) in [5, 5.41) is 4.36. The number of fused-ring (bicyclic) bond motifs is 7. The first-order valence-electron chi connectivity index (χ1n) is 27.3. The molecule has 12 aromatic carbocycles. The van der Waals surface area contributed by atoms with E-state index >= 15 is 0 Å². The van der Waals surface area contributed by atoms with Crippen LogP contribution in [0.3, 0.4) is 0 Å². The molecule has 0 amide bonds. The van der Waals surface area contributed by atoms with Gasteiger partial charge in [-0.1, -0.05) is 224 Å². The molecule has 0 aliphatic rings. The van der Waals surface area contributed by atoms with Crippen LogP contribution in [0.4, 0.5) is 17.1 Å². The number of aromatic nitrogens is 4. The molecule has 15 rings (SSSR count). The van der Waals surface area contributed by atoms with Gasteiger partial charge in [0.25, 0.3) is 0 Å². The first kappa shape index (κ1) is 47.3. The van der Waals surface area contributed by atoms with Crippen molar-refractivity contribution in [2.75, 3.05) is 4.90 Å². The number of benzene rings is 12. The van der Waals surface area contributed by atoms with E-state index in [2.05, 4.69) is 295 Å². The van der Waals surface area contributed by atoms with Crippen LogP contribution < -0.4 is 4.90 Å². The Morgan fingerprint density at radius 2 is 0.728 bits per heavy atom. The van der Waals surface area contributed by atoms with E-state index in [-0.39, 0.29) is 0 Å². The molecular formula is C75H49N5O. The van der Waals surface area contributed by atoms with Gasteiger partial charge in [0, 0.05) is 67.1 Å². The highest BCUT2D eigenvalue weighted by atomic mass is 16.3. The summed E-state index contributed by atoms with van der Waals surface area (Å²) in [5.74, 6) is 1.73. The van der Waals surface area contributed by atoms with Gasteiger partial charge in [-0.15, -0.1) is 0 Å². The molecule has 0 bridgehead atoms. The molecule has 0 atom stereocenters. The van der Waals surface area contributed by atoms with Crippen molar-refractivity contribution in [2.45, 2.75) is 0 Å². The molecule has 15 aromatic rings. The lowest BCUT2D eigenvalue weighted by atomic mass is 9.91. The Labute approximate surface area is 468 Å². The average Bonchev–Trinajstić information content (AvgIpc) is 4.23. The van der Waals surface area contributed by atoms with E-state index in [1.165, 1.54) is 0 Å². The first-order valence-corrected chi connectivity index (χ1v) is 27.3. The van der Waals surface area contributed by atoms with Crippen LogP contribution >= 0.6 is 0 Å². The number of furan rings is 1. The largest absolute Gasteiger partial charge is 0.455 e. The maximum absolute atomic E-state index is 7.18. The van der Waals surface area contributed by atoms with Crippen LogP contribution in [0.1, 0.15) is 0 Å². The van der Waals surface area contributed by atoms with Crippen molar-refractivity contribution >= 4 is 60.8 Å². The molecule has 0 radical (unpaired) electrons. The molecule has 0 aliphatic heterocycles. The van der Waals surface area contributed by atoms with Gasteiger partial charge in [0.1, 0.15) is 11.2 Å². The number of anilines is 3. The number of hydrogen-bond donors (Lipinski definition) is 0. The molecule has 0 unspecified atom stereocenters. The predicted molar refractivity (Wildman–Crippen MR) is 334 cm³/mol. The Hall–Kier alpha value is -11.0. The Morgan fingerprint density at radius 3 is 1.27 bits per heavy atom. The van der Waals surface area contributed by atoms with E-state index in [0.717, 1.165) is 128 Å². The van der Waals surface area contributed by atoms with Crippen LogP contribution in [0.2, 0.25) is 0 Å². The number of rotatable bonds is 11. The van der Waals surface area contributed by atoms with Gasteiger partial charge < -0.3 is 13.9 Å². The highest BCUT2D eigenvalue weighted by Crippen LogP contribution is 2.50. The van der Waals surface area contributed by atoms with Gasteiger partial charge >= 0.3 is 0 Å². The molecule has 0 saturated carbocycles. The summed E-state index contributed by atoms with van der Waals surface area (Å²) in [6.07, 6.45) is 0. The van der Waals surface area contributed by atoms with Gasteiger partial charge in [0.2, 0.25) is 0 Å². The molecule has 81 heavy (non-hydrogen) atoms. The second kappa shape index (κ2) is 20.1. The van der Waals surface area contributed by atoms with Crippen LogP contribution in [-0.2, 0) is 0 Å². The lowest BCUT2D eigenvalue weighted by Gasteiger charge is -2.31. The maximum atomic E-state index is 7.18. The van der Waals surface area contributed by atoms with Crippen LogP contribution in [0.15, 0.2) is 302 Å². The molecule has 380 valence electrons. The molecule has 0 fully saturated rings. The van der Waals surface area contributed by atoms with Crippen LogP contribution in [0.5, 0.6) is 0 Å². The number of nitrogens with zero attached hydrogens (tertiary/aromatic N) is 5. The van der Waals surface area contributed by atoms with E-state index in [9.17, 15) is 0 Å². The van der Waals surface area contributed by atoms with Gasteiger partial charge in [-0.3, -0.25) is 0 Å². The minimum Gasteiger partial charge on any atom is -0.455 e. The average molecular weight is 1040 g/mol. The SMILES string of the molecule is c1ccc(-c2ccc(-c3nc(-c4ccc(-c5ccccc5)cc4)nc(-c4cc(-c5ccccc5)c(N(c5ccccc5)c5ccc6c(c5)oc5c6ccc6c5c5ccccc5n6-c5ccccc5)c(-c5ccccc5)c4)n3)cc2)cc1. The fraction of sp³-hybridized carbons (Fsp3) is 0. The van der Waals surface area contributed by atoms with Crippen molar-refractivity contribution in [3.8, 4) is 84.4 Å². The zero-order valence-corrected chi connectivity index (χ0v) is 43.9. The molecular weight excluding hydrogens is 987 g/mol. The van der Waals surface area contributed by atoms with Crippen LogP contribution in [0, 0.1) is 0 Å². The Bertz CT molecular complexity index is 4590. The minimum atomic E-state index is 0.560. The Balaban J connectivity index is 0.947. The fourth-order valence-electron chi connectivity index (χ4n) is 11.6. The van der Waals surface area contributed by atoms with Gasteiger partial charge in [-0.2, -0.15) is 0 Å². The summed E-state index contributed by atoms with van der Waals surface area (Å²) >= 11 is 0. The third-order valence-corrected chi connectivity index (χ3v) is 15.4. The van der Waals surface area contributed by atoms with Crippen molar-refractivity contribution in [1.82, 2.24) is 19.5 Å². The third-order valence-electron chi connectivity index (χ3n) is 15.4. The smallest absolute Gasteiger partial charge is 0.164 e. The van der Waals surface area contributed by atoms with Crippen molar-refractivity contribution in [2.24, 2.45) is 0 Å².